The zero-order valence-corrected chi connectivity index (χ0v) is 11.9. The van der Waals surface area contributed by atoms with Crippen molar-refractivity contribution in [3.63, 3.8) is 0 Å². The Balaban J connectivity index is 1.71. The highest BCUT2D eigenvalue weighted by Gasteiger charge is 2.31. The normalized spacial score (nSPS) is 26.2. The molecule has 0 radical (unpaired) electrons. The number of benzene rings is 1. The second-order valence-electron chi connectivity index (χ2n) is 6.03. The van der Waals surface area contributed by atoms with E-state index >= 15 is 0 Å². The number of carboxylic acids is 1. The van der Waals surface area contributed by atoms with Crippen molar-refractivity contribution in [1.29, 1.82) is 0 Å². The van der Waals surface area contributed by atoms with Crippen molar-refractivity contribution in [1.82, 2.24) is 4.90 Å². The van der Waals surface area contributed by atoms with Crippen molar-refractivity contribution >= 4 is 11.7 Å². The minimum absolute atomic E-state index is 0.358. The Morgan fingerprint density at radius 1 is 1.35 bits per heavy atom. The third-order valence-corrected chi connectivity index (χ3v) is 4.66. The molecule has 2 heterocycles. The predicted molar refractivity (Wildman–Crippen MR) is 79.4 cm³/mol. The number of carbonyl (C=O) groups is 1. The number of carboxylic acid groups (broad SMARTS) is 1. The Kier molecular flexibility index (Phi) is 3.66. The number of piperidine rings is 1. The molecule has 0 saturated carbocycles. The first kappa shape index (κ1) is 13.4. The van der Waals surface area contributed by atoms with Gasteiger partial charge in [-0.3, -0.25) is 0 Å². The molecule has 3 rings (SSSR count). The molecule has 0 aromatic heterocycles. The van der Waals surface area contributed by atoms with Crippen LogP contribution >= 0.6 is 0 Å². The predicted octanol–water partition coefficient (Wildman–Crippen LogP) is 2.73. The molecule has 2 N–H and O–H groups in total. The maximum atomic E-state index is 11.1. The number of rotatable bonds is 3. The minimum Gasteiger partial charge on any atom is -0.478 e. The van der Waals surface area contributed by atoms with Crippen LogP contribution in [0.5, 0.6) is 0 Å². The summed E-state index contributed by atoms with van der Waals surface area (Å²) in [6.07, 6.45) is 4.96. The number of nitrogens with one attached hydrogen (secondary N) is 1. The molecule has 2 fully saturated rings. The largest absolute Gasteiger partial charge is 0.478 e. The summed E-state index contributed by atoms with van der Waals surface area (Å²) in [5.74, 6) is -0.862. The monoisotopic (exact) mass is 274 g/mol. The lowest BCUT2D eigenvalue weighted by atomic mass is 9.97. The van der Waals surface area contributed by atoms with Crippen LogP contribution in [-0.4, -0.2) is 41.1 Å². The van der Waals surface area contributed by atoms with Gasteiger partial charge in [0, 0.05) is 24.3 Å². The number of aromatic carboxylic acids is 1. The maximum absolute atomic E-state index is 11.1. The van der Waals surface area contributed by atoms with Gasteiger partial charge in [-0.2, -0.15) is 0 Å². The van der Waals surface area contributed by atoms with E-state index in [1.54, 1.807) is 12.1 Å². The lowest BCUT2D eigenvalue weighted by Crippen LogP contribution is -2.42. The summed E-state index contributed by atoms with van der Waals surface area (Å²) >= 11 is 0. The van der Waals surface area contributed by atoms with Crippen molar-refractivity contribution in [2.75, 3.05) is 18.4 Å². The molecule has 2 unspecified atom stereocenters. The smallest absolute Gasteiger partial charge is 0.335 e. The Labute approximate surface area is 119 Å². The molecule has 1 aromatic rings. The van der Waals surface area contributed by atoms with Crippen LogP contribution in [0.2, 0.25) is 0 Å². The fourth-order valence-corrected chi connectivity index (χ4v) is 3.49. The Morgan fingerprint density at radius 3 is 3.00 bits per heavy atom. The fourth-order valence-electron chi connectivity index (χ4n) is 3.49. The van der Waals surface area contributed by atoms with Gasteiger partial charge in [-0.25, -0.2) is 4.79 Å². The van der Waals surface area contributed by atoms with Crippen LogP contribution < -0.4 is 5.32 Å². The summed E-state index contributed by atoms with van der Waals surface area (Å²) < 4.78 is 0. The lowest BCUT2D eigenvalue weighted by molar-refractivity contribution is 0.0697. The highest BCUT2D eigenvalue weighted by Crippen LogP contribution is 2.29. The molecule has 108 valence electrons. The second kappa shape index (κ2) is 5.44. The van der Waals surface area contributed by atoms with Crippen molar-refractivity contribution < 1.29 is 9.90 Å². The quantitative estimate of drug-likeness (QED) is 0.890. The van der Waals surface area contributed by atoms with Gasteiger partial charge in [0.15, 0.2) is 0 Å². The van der Waals surface area contributed by atoms with Crippen LogP contribution in [0.15, 0.2) is 18.2 Å². The molecule has 0 amide bonds. The van der Waals surface area contributed by atoms with E-state index < -0.39 is 5.97 Å². The first-order chi connectivity index (χ1) is 9.63. The van der Waals surface area contributed by atoms with E-state index in [9.17, 15) is 4.79 Å². The third-order valence-electron chi connectivity index (χ3n) is 4.66. The van der Waals surface area contributed by atoms with Crippen LogP contribution in [0, 0.1) is 6.92 Å². The zero-order valence-electron chi connectivity index (χ0n) is 11.9. The topological polar surface area (TPSA) is 52.6 Å². The summed E-state index contributed by atoms with van der Waals surface area (Å²) in [4.78, 5) is 13.7. The first-order valence-electron chi connectivity index (χ1n) is 7.48. The number of aryl methyl sites for hydroxylation is 1. The SMILES string of the molecule is Cc1ccc(C(=O)O)cc1NC1CCN2CCCC2C1. The van der Waals surface area contributed by atoms with E-state index in [0.717, 1.165) is 23.7 Å². The molecule has 0 aliphatic carbocycles. The molecule has 2 aliphatic rings. The molecule has 0 spiro atoms. The average molecular weight is 274 g/mol. The van der Waals surface area contributed by atoms with E-state index in [1.807, 2.05) is 13.0 Å². The van der Waals surface area contributed by atoms with Gasteiger partial charge in [-0.1, -0.05) is 6.07 Å². The first-order valence-corrected chi connectivity index (χ1v) is 7.48. The Morgan fingerprint density at radius 2 is 2.20 bits per heavy atom. The maximum Gasteiger partial charge on any atom is 0.335 e. The van der Waals surface area contributed by atoms with E-state index in [1.165, 1.54) is 32.4 Å². The molecule has 2 atom stereocenters. The molecular weight excluding hydrogens is 252 g/mol. The number of hydrogen-bond donors (Lipinski definition) is 2. The fraction of sp³-hybridized carbons (Fsp3) is 0.562. The Bertz CT molecular complexity index is 515. The molecule has 20 heavy (non-hydrogen) atoms. The third kappa shape index (κ3) is 2.66. The number of fused-ring (bicyclic) bond motifs is 1. The summed E-state index contributed by atoms with van der Waals surface area (Å²) in [6.45, 7) is 4.45. The van der Waals surface area contributed by atoms with Gasteiger partial charge in [-0.15, -0.1) is 0 Å². The highest BCUT2D eigenvalue weighted by molar-refractivity contribution is 5.89. The minimum atomic E-state index is -0.862. The standard InChI is InChI=1S/C16H22N2O2/c1-11-4-5-12(16(19)20)9-15(11)17-13-6-8-18-7-2-3-14(18)10-13/h4-5,9,13-14,17H,2-3,6-8,10H2,1H3,(H,19,20). The summed E-state index contributed by atoms with van der Waals surface area (Å²) in [6, 6.07) is 6.51. The number of nitrogens with zero attached hydrogens (tertiary/aromatic N) is 1. The lowest BCUT2D eigenvalue weighted by Gasteiger charge is -2.35. The highest BCUT2D eigenvalue weighted by atomic mass is 16.4. The average Bonchev–Trinajstić information content (AvgIpc) is 2.88. The van der Waals surface area contributed by atoms with Gasteiger partial charge < -0.3 is 15.3 Å². The second-order valence-corrected chi connectivity index (χ2v) is 6.03. The number of hydrogen-bond acceptors (Lipinski definition) is 3. The van der Waals surface area contributed by atoms with Gasteiger partial charge >= 0.3 is 5.97 Å². The van der Waals surface area contributed by atoms with Crippen LogP contribution in [-0.2, 0) is 0 Å². The van der Waals surface area contributed by atoms with Crippen LogP contribution in [0.1, 0.15) is 41.6 Å². The summed E-state index contributed by atoms with van der Waals surface area (Å²) in [5, 5.41) is 12.7. The van der Waals surface area contributed by atoms with E-state index in [-0.39, 0.29) is 0 Å². The molecule has 0 bridgehead atoms. The van der Waals surface area contributed by atoms with Gasteiger partial charge in [0.2, 0.25) is 0 Å². The van der Waals surface area contributed by atoms with Gasteiger partial charge in [0.05, 0.1) is 5.56 Å². The Hall–Kier alpha value is -1.55. The van der Waals surface area contributed by atoms with Crippen LogP contribution in [0.3, 0.4) is 0 Å². The molecule has 2 saturated heterocycles. The molecule has 2 aliphatic heterocycles. The summed E-state index contributed by atoms with van der Waals surface area (Å²) in [5.41, 5.74) is 2.45. The van der Waals surface area contributed by atoms with Gasteiger partial charge in [-0.05, 0) is 56.8 Å². The van der Waals surface area contributed by atoms with Crippen LogP contribution in [0.25, 0.3) is 0 Å². The summed E-state index contributed by atoms with van der Waals surface area (Å²) in [7, 11) is 0. The zero-order chi connectivity index (χ0) is 14.1. The molecule has 1 aromatic carbocycles. The van der Waals surface area contributed by atoms with E-state index in [2.05, 4.69) is 10.2 Å². The van der Waals surface area contributed by atoms with E-state index in [4.69, 9.17) is 5.11 Å². The van der Waals surface area contributed by atoms with Crippen LogP contribution in [0.4, 0.5) is 5.69 Å². The van der Waals surface area contributed by atoms with Crippen molar-refractivity contribution in [3.05, 3.63) is 29.3 Å². The van der Waals surface area contributed by atoms with Gasteiger partial charge in [0.1, 0.15) is 0 Å². The molecule has 4 nitrogen and oxygen atoms in total. The van der Waals surface area contributed by atoms with E-state index in [0.29, 0.717) is 11.6 Å². The van der Waals surface area contributed by atoms with Gasteiger partial charge in [0.25, 0.3) is 0 Å². The molecular formula is C16H22N2O2. The molecule has 4 heteroatoms. The van der Waals surface area contributed by atoms with Crippen molar-refractivity contribution in [2.45, 2.75) is 44.7 Å². The van der Waals surface area contributed by atoms with Crippen molar-refractivity contribution in [3.8, 4) is 0 Å². The van der Waals surface area contributed by atoms with Crippen molar-refractivity contribution in [2.24, 2.45) is 0 Å². The number of anilines is 1.